The number of nitrogens with two attached hydrogens (primary N) is 2. The van der Waals surface area contributed by atoms with Gasteiger partial charge in [-0.05, 0) is 91.3 Å². The molecule has 4 nitrogen and oxygen atoms in total. The molecule has 6 rings (SSSR count). The maximum Gasteiger partial charge on any atom is 0.0456 e. The van der Waals surface area contributed by atoms with Crippen molar-refractivity contribution in [3.63, 3.8) is 0 Å². The van der Waals surface area contributed by atoms with Crippen molar-refractivity contribution in [3.8, 4) is 0 Å². The molecule has 0 aliphatic heterocycles. The van der Waals surface area contributed by atoms with Gasteiger partial charge >= 0.3 is 0 Å². The molecule has 2 aliphatic carbocycles. The second kappa shape index (κ2) is 8.90. The molecule has 2 aromatic heterocycles. The SMILES string of the molecule is CC(C1CCC(N)C(c2cc3ccccc3[nH]2)C1)C1CCC(N)C(c2cc3ccccc3[nH]2)C1. The predicted octanol–water partition coefficient (Wildman–Crippen LogP) is 6.41. The van der Waals surface area contributed by atoms with Crippen LogP contribution in [-0.2, 0) is 0 Å². The van der Waals surface area contributed by atoms with E-state index >= 15 is 0 Å². The number of aromatic amines is 2. The fraction of sp³-hybridized carbons (Fsp3) is 0.467. The van der Waals surface area contributed by atoms with E-state index < -0.39 is 0 Å². The Hall–Kier alpha value is -2.56. The molecule has 34 heavy (non-hydrogen) atoms. The highest BCUT2D eigenvalue weighted by molar-refractivity contribution is 5.81. The average molecular weight is 455 g/mol. The molecule has 178 valence electrons. The van der Waals surface area contributed by atoms with Crippen molar-refractivity contribution in [2.75, 3.05) is 0 Å². The van der Waals surface area contributed by atoms with Gasteiger partial charge in [-0.25, -0.2) is 0 Å². The normalized spacial score (nSPS) is 31.1. The summed E-state index contributed by atoms with van der Waals surface area (Å²) in [5, 5.41) is 2.59. The number of nitrogens with one attached hydrogen (secondary N) is 2. The van der Waals surface area contributed by atoms with Crippen molar-refractivity contribution in [3.05, 3.63) is 72.1 Å². The van der Waals surface area contributed by atoms with Gasteiger partial charge in [0.1, 0.15) is 0 Å². The molecule has 0 spiro atoms. The summed E-state index contributed by atoms with van der Waals surface area (Å²) in [4.78, 5) is 7.36. The van der Waals surface area contributed by atoms with Gasteiger partial charge in [0.25, 0.3) is 0 Å². The van der Waals surface area contributed by atoms with E-state index in [1.807, 2.05) is 0 Å². The second-order valence-electron chi connectivity index (χ2n) is 11.2. The quantitative estimate of drug-likeness (QED) is 0.287. The molecule has 6 N–H and O–H groups in total. The molecular formula is C30H38N4. The van der Waals surface area contributed by atoms with Gasteiger partial charge in [-0.15, -0.1) is 0 Å². The minimum Gasteiger partial charge on any atom is -0.358 e. The van der Waals surface area contributed by atoms with Gasteiger partial charge in [0.2, 0.25) is 0 Å². The zero-order valence-electron chi connectivity index (χ0n) is 20.2. The number of hydrogen-bond acceptors (Lipinski definition) is 2. The summed E-state index contributed by atoms with van der Waals surface area (Å²) in [6.45, 7) is 2.51. The summed E-state index contributed by atoms with van der Waals surface area (Å²) < 4.78 is 0. The molecule has 4 aromatic rings. The summed E-state index contributed by atoms with van der Waals surface area (Å²) in [7, 11) is 0. The third kappa shape index (κ3) is 3.97. The van der Waals surface area contributed by atoms with Crippen molar-refractivity contribution < 1.29 is 0 Å². The van der Waals surface area contributed by atoms with Crippen molar-refractivity contribution in [1.82, 2.24) is 9.97 Å². The van der Waals surface area contributed by atoms with E-state index in [0.717, 1.165) is 24.7 Å². The summed E-state index contributed by atoms with van der Waals surface area (Å²) in [6, 6.07) is 22.3. The van der Waals surface area contributed by atoms with Crippen LogP contribution in [0.3, 0.4) is 0 Å². The number of para-hydroxylation sites is 2. The molecule has 6 unspecified atom stereocenters. The predicted molar refractivity (Wildman–Crippen MR) is 142 cm³/mol. The Kier molecular flexibility index (Phi) is 5.74. The first kappa shape index (κ1) is 21.9. The van der Waals surface area contributed by atoms with Crippen LogP contribution in [-0.4, -0.2) is 22.1 Å². The molecule has 2 aliphatic rings. The first-order valence-corrected chi connectivity index (χ1v) is 13.2. The molecular weight excluding hydrogens is 416 g/mol. The van der Waals surface area contributed by atoms with Crippen LogP contribution in [0.15, 0.2) is 60.7 Å². The van der Waals surface area contributed by atoms with Crippen molar-refractivity contribution in [2.45, 2.75) is 69.4 Å². The molecule has 0 bridgehead atoms. The lowest BCUT2D eigenvalue weighted by Gasteiger charge is -2.43. The molecule has 0 amide bonds. The lowest BCUT2D eigenvalue weighted by molar-refractivity contribution is 0.127. The number of hydrogen-bond donors (Lipinski definition) is 4. The minimum atomic E-state index is 0.246. The average Bonchev–Trinajstić information content (AvgIpc) is 3.48. The Labute approximate surface area is 202 Å². The highest BCUT2D eigenvalue weighted by atomic mass is 14.8. The Balaban J connectivity index is 1.19. The van der Waals surface area contributed by atoms with Crippen molar-refractivity contribution in [2.24, 2.45) is 29.2 Å². The monoisotopic (exact) mass is 454 g/mol. The van der Waals surface area contributed by atoms with E-state index in [1.165, 1.54) is 58.9 Å². The van der Waals surface area contributed by atoms with Crippen LogP contribution in [0.2, 0.25) is 0 Å². The van der Waals surface area contributed by atoms with Crippen LogP contribution >= 0.6 is 0 Å². The van der Waals surface area contributed by atoms with Gasteiger partial charge < -0.3 is 21.4 Å². The smallest absolute Gasteiger partial charge is 0.0456 e. The largest absolute Gasteiger partial charge is 0.358 e. The zero-order valence-corrected chi connectivity index (χ0v) is 20.2. The Morgan fingerprint density at radius 1 is 0.676 bits per heavy atom. The third-order valence-electron chi connectivity index (χ3n) is 9.28. The second-order valence-corrected chi connectivity index (χ2v) is 11.2. The maximum atomic E-state index is 6.69. The third-order valence-corrected chi connectivity index (χ3v) is 9.28. The first-order valence-electron chi connectivity index (χ1n) is 13.2. The van der Waals surface area contributed by atoms with E-state index in [2.05, 4.69) is 77.6 Å². The van der Waals surface area contributed by atoms with Gasteiger partial charge in [-0.1, -0.05) is 43.3 Å². The molecule has 4 heteroatoms. The van der Waals surface area contributed by atoms with Crippen LogP contribution in [0.5, 0.6) is 0 Å². The summed E-state index contributed by atoms with van der Waals surface area (Å²) in [5.74, 6) is 2.98. The molecule has 0 saturated heterocycles. The van der Waals surface area contributed by atoms with Gasteiger partial charge in [-0.3, -0.25) is 0 Å². The van der Waals surface area contributed by atoms with Crippen LogP contribution in [0.1, 0.15) is 68.7 Å². The highest BCUT2D eigenvalue weighted by Gasteiger charge is 2.39. The summed E-state index contributed by atoms with van der Waals surface area (Å²) in [6.07, 6.45) is 7.11. The molecule has 2 heterocycles. The van der Waals surface area contributed by atoms with Gasteiger partial charge in [-0.2, -0.15) is 0 Å². The number of H-pyrrole nitrogens is 2. The van der Waals surface area contributed by atoms with Crippen molar-refractivity contribution in [1.29, 1.82) is 0 Å². The van der Waals surface area contributed by atoms with E-state index in [-0.39, 0.29) is 12.1 Å². The van der Waals surface area contributed by atoms with Crippen LogP contribution in [0, 0.1) is 17.8 Å². The number of benzene rings is 2. The van der Waals surface area contributed by atoms with Gasteiger partial charge in [0, 0.05) is 46.3 Å². The fourth-order valence-electron chi connectivity index (χ4n) is 7.10. The van der Waals surface area contributed by atoms with Gasteiger partial charge in [0.15, 0.2) is 0 Å². The fourth-order valence-corrected chi connectivity index (χ4v) is 7.10. The van der Waals surface area contributed by atoms with Crippen LogP contribution in [0.4, 0.5) is 0 Å². The number of aromatic nitrogens is 2. The minimum absolute atomic E-state index is 0.246. The van der Waals surface area contributed by atoms with E-state index in [0.29, 0.717) is 17.8 Å². The Morgan fingerprint density at radius 2 is 1.12 bits per heavy atom. The zero-order chi connectivity index (χ0) is 23.2. The summed E-state index contributed by atoms with van der Waals surface area (Å²) in [5.41, 5.74) is 18.5. The first-order chi connectivity index (χ1) is 16.6. The van der Waals surface area contributed by atoms with E-state index in [1.54, 1.807) is 0 Å². The maximum absolute atomic E-state index is 6.69. The Bertz CT molecular complexity index is 1110. The lowest BCUT2D eigenvalue weighted by Crippen LogP contribution is -2.40. The van der Waals surface area contributed by atoms with Crippen LogP contribution in [0.25, 0.3) is 21.8 Å². The highest BCUT2D eigenvalue weighted by Crippen LogP contribution is 2.46. The summed E-state index contributed by atoms with van der Waals surface area (Å²) >= 11 is 0. The van der Waals surface area contributed by atoms with E-state index in [9.17, 15) is 0 Å². The van der Waals surface area contributed by atoms with Crippen LogP contribution < -0.4 is 11.5 Å². The molecule has 6 atom stereocenters. The van der Waals surface area contributed by atoms with Gasteiger partial charge in [0.05, 0.1) is 0 Å². The van der Waals surface area contributed by atoms with Crippen molar-refractivity contribution >= 4 is 21.8 Å². The molecule has 2 fully saturated rings. The topological polar surface area (TPSA) is 83.6 Å². The Morgan fingerprint density at radius 3 is 1.56 bits per heavy atom. The molecule has 2 saturated carbocycles. The van der Waals surface area contributed by atoms with E-state index in [4.69, 9.17) is 11.5 Å². The number of fused-ring (bicyclic) bond motifs is 2. The lowest BCUT2D eigenvalue weighted by atomic mass is 9.64. The standard InChI is InChI=1S/C30H38N4/c1-18(19-10-12-25(31)23(14-19)29-16-21-6-2-4-8-27(21)33-29)20-11-13-26(32)24(15-20)30-17-22-7-3-5-9-28(22)34-30/h2-9,16-20,23-26,33-34H,10-15,31-32H2,1H3. The molecule has 0 radical (unpaired) electrons. The number of rotatable bonds is 4. The molecule has 2 aromatic carbocycles.